The van der Waals surface area contributed by atoms with Crippen LogP contribution in [0.3, 0.4) is 0 Å². The van der Waals surface area contributed by atoms with Crippen LogP contribution in [0.4, 0.5) is 0 Å². The molecule has 4 heteroatoms. The van der Waals surface area contributed by atoms with Crippen molar-refractivity contribution in [3.63, 3.8) is 0 Å². The van der Waals surface area contributed by atoms with Crippen molar-refractivity contribution in [2.24, 2.45) is 5.41 Å². The third-order valence-electron chi connectivity index (χ3n) is 4.48. The van der Waals surface area contributed by atoms with Gasteiger partial charge in [-0.3, -0.25) is 0 Å². The van der Waals surface area contributed by atoms with Crippen molar-refractivity contribution in [2.75, 3.05) is 0 Å². The van der Waals surface area contributed by atoms with Crippen LogP contribution in [0.15, 0.2) is 29.2 Å². The Balaban J connectivity index is 1.83. The van der Waals surface area contributed by atoms with Gasteiger partial charge >= 0.3 is 0 Å². The van der Waals surface area contributed by atoms with Gasteiger partial charge in [0.25, 0.3) is 0 Å². The molecule has 3 saturated carbocycles. The predicted octanol–water partition coefficient (Wildman–Crippen LogP) is 3.03. The van der Waals surface area contributed by atoms with Crippen LogP contribution in [0.25, 0.3) is 0 Å². The molecule has 0 saturated heterocycles. The lowest BCUT2D eigenvalue weighted by Gasteiger charge is -2.69. The largest absolute Gasteiger partial charge is 0.241 e. The van der Waals surface area contributed by atoms with Crippen LogP contribution in [0.5, 0.6) is 0 Å². The SMILES string of the molecule is CC(C)c1cccc(S(=O)(=O)NC23CC(C)(C2)C3)c1. The van der Waals surface area contributed by atoms with Crippen molar-refractivity contribution in [2.45, 2.75) is 56.4 Å². The molecule has 3 aliphatic rings. The molecule has 3 nitrogen and oxygen atoms in total. The molecule has 4 rings (SSSR count). The Morgan fingerprint density at radius 1 is 1.21 bits per heavy atom. The highest BCUT2D eigenvalue weighted by Crippen LogP contribution is 2.67. The van der Waals surface area contributed by atoms with E-state index in [1.165, 1.54) is 0 Å². The zero-order valence-corrected chi connectivity index (χ0v) is 12.5. The lowest BCUT2D eigenvalue weighted by atomic mass is 9.41. The van der Waals surface area contributed by atoms with Crippen molar-refractivity contribution in [3.05, 3.63) is 29.8 Å². The average molecular weight is 279 g/mol. The Bertz CT molecular complexity index is 599. The first-order chi connectivity index (χ1) is 8.74. The highest BCUT2D eigenvalue weighted by atomic mass is 32.2. The zero-order valence-electron chi connectivity index (χ0n) is 11.7. The third kappa shape index (κ3) is 2.11. The Hall–Kier alpha value is -0.870. The molecule has 0 aromatic heterocycles. The Morgan fingerprint density at radius 3 is 2.37 bits per heavy atom. The molecule has 0 aliphatic heterocycles. The average Bonchev–Trinajstić information content (AvgIpc) is 2.25. The summed E-state index contributed by atoms with van der Waals surface area (Å²) >= 11 is 0. The van der Waals surface area contributed by atoms with E-state index >= 15 is 0 Å². The highest BCUT2D eigenvalue weighted by molar-refractivity contribution is 7.89. The Labute approximate surface area is 115 Å². The maximum atomic E-state index is 12.4. The van der Waals surface area contributed by atoms with Crippen molar-refractivity contribution in [1.29, 1.82) is 0 Å². The van der Waals surface area contributed by atoms with E-state index in [0.29, 0.717) is 16.2 Å². The first-order valence-electron chi connectivity index (χ1n) is 6.88. The minimum atomic E-state index is -3.37. The van der Waals surface area contributed by atoms with Gasteiger partial charge in [0, 0.05) is 5.54 Å². The van der Waals surface area contributed by atoms with E-state index in [1.54, 1.807) is 12.1 Å². The second-order valence-electron chi connectivity index (χ2n) is 6.95. The molecular formula is C15H21NO2S. The first-order valence-corrected chi connectivity index (χ1v) is 8.36. The van der Waals surface area contributed by atoms with E-state index in [-0.39, 0.29) is 5.54 Å². The van der Waals surface area contributed by atoms with E-state index < -0.39 is 10.0 Å². The smallest absolute Gasteiger partial charge is 0.207 e. The second-order valence-corrected chi connectivity index (χ2v) is 8.64. The van der Waals surface area contributed by atoms with E-state index in [0.717, 1.165) is 24.8 Å². The number of benzene rings is 1. The molecule has 2 bridgehead atoms. The molecule has 0 heterocycles. The molecule has 3 aliphatic carbocycles. The number of hydrogen-bond donors (Lipinski definition) is 1. The van der Waals surface area contributed by atoms with Crippen LogP contribution in [-0.4, -0.2) is 14.0 Å². The standard InChI is InChI=1S/C15H21NO2S/c1-11(2)12-5-4-6-13(7-12)19(17,18)16-15-8-14(3,9-15)10-15/h4-7,11,16H,8-10H2,1-3H3. The second kappa shape index (κ2) is 3.83. The Morgan fingerprint density at radius 2 is 1.84 bits per heavy atom. The Kier molecular flexibility index (Phi) is 2.64. The molecule has 19 heavy (non-hydrogen) atoms. The molecule has 0 unspecified atom stereocenters. The van der Waals surface area contributed by atoms with Crippen molar-refractivity contribution >= 4 is 10.0 Å². The maximum Gasteiger partial charge on any atom is 0.241 e. The van der Waals surface area contributed by atoms with Crippen LogP contribution in [0.2, 0.25) is 0 Å². The molecule has 1 aromatic carbocycles. The summed E-state index contributed by atoms with van der Waals surface area (Å²) in [5.41, 5.74) is 1.33. The zero-order chi connectivity index (χ0) is 13.9. The fraction of sp³-hybridized carbons (Fsp3) is 0.600. The minimum absolute atomic E-state index is 0.137. The van der Waals surface area contributed by atoms with Crippen LogP contribution in [0.1, 0.15) is 51.5 Å². The lowest BCUT2D eigenvalue weighted by Crippen LogP contribution is -2.73. The monoisotopic (exact) mass is 279 g/mol. The third-order valence-corrected chi connectivity index (χ3v) is 6.06. The number of nitrogens with one attached hydrogen (secondary N) is 1. The van der Waals surface area contributed by atoms with Gasteiger partial charge in [-0.15, -0.1) is 0 Å². The van der Waals surface area contributed by atoms with Crippen molar-refractivity contribution in [1.82, 2.24) is 4.72 Å². The number of sulfonamides is 1. The normalized spacial score (nSPS) is 32.8. The summed E-state index contributed by atoms with van der Waals surface area (Å²) in [5, 5.41) is 0. The van der Waals surface area contributed by atoms with E-state index in [4.69, 9.17) is 0 Å². The molecular weight excluding hydrogens is 258 g/mol. The summed E-state index contributed by atoms with van der Waals surface area (Å²) < 4.78 is 27.8. The topological polar surface area (TPSA) is 46.2 Å². The van der Waals surface area contributed by atoms with E-state index in [1.807, 2.05) is 12.1 Å². The highest BCUT2D eigenvalue weighted by Gasteiger charge is 2.66. The minimum Gasteiger partial charge on any atom is -0.207 e. The van der Waals surface area contributed by atoms with Gasteiger partial charge in [-0.2, -0.15) is 0 Å². The van der Waals surface area contributed by atoms with Gasteiger partial charge in [-0.1, -0.05) is 32.9 Å². The molecule has 0 spiro atoms. The summed E-state index contributed by atoms with van der Waals surface area (Å²) in [6.07, 6.45) is 2.97. The molecule has 0 atom stereocenters. The molecule has 0 radical (unpaired) electrons. The van der Waals surface area contributed by atoms with Gasteiger partial charge in [-0.05, 0) is 48.3 Å². The van der Waals surface area contributed by atoms with E-state index in [2.05, 4.69) is 25.5 Å². The summed E-state index contributed by atoms with van der Waals surface area (Å²) in [6.45, 7) is 6.37. The summed E-state index contributed by atoms with van der Waals surface area (Å²) in [7, 11) is -3.37. The van der Waals surface area contributed by atoms with Gasteiger partial charge in [0.2, 0.25) is 10.0 Å². The summed E-state index contributed by atoms with van der Waals surface area (Å²) in [5.74, 6) is 0.337. The molecule has 0 amide bonds. The molecule has 1 aromatic rings. The van der Waals surface area contributed by atoms with Gasteiger partial charge in [-0.25, -0.2) is 13.1 Å². The fourth-order valence-corrected chi connectivity index (χ4v) is 5.24. The molecule has 3 fully saturated rings. The first kappa shape index (κ1) is 13.1. The fourth-order valence-electron chi connectivity index (χ4n) is 3.79. The molecule has 104 valence electrons. The van der Waals surface area contributed by atoms with Crippen molar-refractivity contribution < 1.29 is 8.42 Å². The van der Waals surface area contributed by atoms with Gasteiger partial charge in [0.1, 0.15) is 0 Å². The van der Waals surface area contributed by atoms with Crippen LogP contribution < -0.4 is 4.72 Å². The molecule has 1 N–H and O–H groups in total. The lowest BCUT2D eigenvalue weighted by molar-refractivity contribution is -0.126. The van der Waals surface area contributed by atoms with Crippen LogP contribution >= 0.6 is 0 Å². The van der Waals surface area contributed by atoms with Crippen molar-refractivity contribution in [3.8, 4) is 0 Å². The van der Waals surface area contributed by atoms with Gasteiger partial charge in [0.15, 0.2) is 0 Å². The number of hydrogen-bond acceptors (Lipinski definition) is 2. The number of rotatable bonds is 4. The summed E-state index contributed by atoms with van der Waals surface area (Å²) in [6, 6.07) is 7.28. The predicted molar refractivity (Wildman–Crippen MR) is 75.5 cm³/mol. The summed E-state index contributed by atoms with van der Waals surface area (Å²) in [4.78, 5) is 0.397. The quantitative estimate of drug-likeness (QED) is 0.921. The van der Waals surface area contributed by atoms with Crippen LogP contribution in [0, 0.1) is 5.41 Å². The van der Waals surface area contributed by atoms with Gasteiger partial charge < -0.3 is 0 Å². The van der Waals surface area contributed by atoms with E-state index in [9.17, 15) is 8.42 Å². The van der Waals surface area contributed by atoms with Gasteiger partial charge in [0.05, 0.1) is 4.90 Å². The maximum absolute atomic E-state index is 12.4. The van der Waals surface area contributed by atoms with Crippen LogP contribution in [-0.2, 0) is 10.0 Å².